The van der Waals surface area contributed by atoms with E-state index in [1.54, 1.807) is 12.1 Å². The lowest BCUT2D eigenvalue weighted by Gasteiger charge is -2.16. The first-order valence-corrected chi connectivity index (χ1v) is 5.93. The number of rotatable bonds is 3. The van der Waals surface area contributed by atoms with E-state index in [-0.39, 0.29) is 34.8 Å². The lowest BCUT2D eigenvalue weighted by Crippen LogP contribution is -2.20. The van der Waals surface area contributed by atoms with Gasteiger partial charge < -0.3 is 5.73 Å². The quantitative estimate of drug-likeness (QED) is 0.496. The van der Waals surface area contributed by atoms with E-state index in [2.05, 4.69) is 5.10 Å². The van der Waals surface area contributed by atoms with Gasteiger partial charge in [-0.25, -0.2) is 0 Å². The molecule has 2 rings (SSSR count). The predicted octanol–water partition coefficient (Wildman–Crippen LogP) is 0.858. The number of carbonyl (C=O) groups is 1. The summed E-state index contributed by atoms with van der Waals surface area (Å²) in [5.74, 6) is -0.437. The number of nitrogens with zero attached hydrogens (tertiary/aromatic N) is 5. The van der Waals surface area contributed by atoms with Gasteiger partial charge in [-0.1, -0.05) is 0 Å². The monoisotopic (exact) mass is 296 g/mol. The van der Waals surface area contributed by atoms with Crippen molar-refractivity contribution in [1.29, 1.82) is 10.5 Å². The Morgan fingerprint density at radius 2 is 1.91 bits per heavy atom. The number of allylic oxidation sites excluding steroid dienone is 1. The minimum absolute atomic E-state index is 0.0506. The van der Waals surface area contributed by atoms with Gasteiger partial charge in [0.25, 0.3) is 11.6 Å². The molecule has 108 valence electrons. The summed E-state index contributed by atoms with van der Waals surface area (Å²) in [6, 6.07) is 8.43. The third-order valence-corrected chi connectivity index (χ3v) is 2.82. The molecule has 9 heteroatoms. The molecule has 0 aromatic heterocycles. The second kappa shape index (κ2) is 5.73. The number of nitro groups is 1. The number of benzene rings is 1. The van der Waals surface area contributed by atoms with Crippen molar-refractivity contribution in [2.24, 2.45) is 10.8 Å². The van der Waals surface area contributed by atoms with Gasteiger partial charge in [0.05, 0.1) is 11.3 Å². The molecule has 0 atom stereocenters. The summed E-state index contributed by atoms with van der Waals surface area (Å²) in [6.45, 7) is 0. The summed E-state index contributed by atoms with van der Waals surface area (Å²) in [5.41, 5.74) is 5.21. The van der Waals surface area contributed by atoms with Crippen molar-refractivity contribution in [3.8, 4) is 12.1 Å². The highest BCUT2D eigenvalue weighted by Crippen LogP contribution is 2.28. The van der Waals surface area contributed by atoms with E-state index in [4.69, 9.17) is 16.3 Å². The van der Waals surface area contributed by atoms with Crippen LogP contribution in [0.2, 0.25) is 0 Å². The van der Waals surface area contributed by atoms with E-state index < -0.39 is 10.8 Å². The van der Waals surface area contributed by atoms with Crippen LogP contribution in [0.1, 0.15) is 12.0 Å². The van der Waals surface area contributed by atoms with E-state index in [1.807, 2.05) is 0 Å². The van der Waals surface area contributed by atoms with E-state index in [9.17, 15) is 14.9 Å². The molecule has 1 amide bonds. The highest BCUT2D eigenvalue weighted by molar-refractivity contribution is 6.06. The Balaban J connectivity index is 2.59. The van der Waals surface area contributed by atoms with Crippen LogP contribution in [0.25, 0.3) is 5.70 Å². The van der Waals surface area contributed by atoms with Gasteiger partial charge in [0.2, 0.25) is 0 Å². The van der Waals surface area contributed by atoms with Gasteiger partial charge >= 0.3 is 0 Å². The molecular formula is C13H8N6O3. The summed E-state index contributed by atoms with van der Waals surface area (Å²) in [7, 11) is 0. The zero-order chi connectivity index (χ0) is 16.3. The molecular weight excluding hydrogens is 288 g/mol. The fourth-order valence-corrected chi connectivity index (χ4v) is 1.87. The molecule has 0 bridgehead atoms. The van der Waals surface area contributed by atoms with E-state index in [0.717, 1.165) is 5.01 Å². The Labute approximate surface area is 124 Å². The molecule has 0 aliphatic carbocycles. The molecule has 1 heterocycles. The van der Waals surface area contributed by atoms with E-state index in [0.29, 0.717) is 0 Å². The number of non-ortho nitro benzene ring substituents is 1. The van der Waals surface area contributed by atoms with Crippen LogP contribution in [0.3, 0.4) is 0 Å². The van der Waals surface area contributed by atoms with Crippen LogP contribution in [-0.2, 0) is 4.79 Å². The topological polar surface area (TPSA) is 149 Å². The second-order valence-electron chi connectivity index (χ2n) is 4.22. The number of hydrogen-bond acceptors (Lipinski definition) is 7. The fourth-order valence-electron chi connectivity index (χ4n) is 1.87. The summed E-state index contributed by atoms with van der Waals surface area (Å²) < 4.78 is 0. The van der Waals surface area contributed by atoms with Gasteiger partial charge in [-0.2, -0.15) is 20.6 Å². The molecule has 1 aliphatic heterocycles. The van der Waals surface area contributed by atoms with E-state index in [1.165, 1.54) is 24.3 Å². The van der Waals surface area contributed by atoms with Gasteiger partial charge in [0.1, 0.15) is 23.7 Å². The van der Waals surface area contributed by atoms with Gasteiger partial charge in [-0.3, -0.25) is 14.9 Å². The van der Waals surface area contributed by atoms with Crippen molar-refractivity contribution in [3.63, 3.8) is 0 Å². The van der Waals surface area contributed by atoms with Crippen molar-refractivity contribution >= 4 is 23.1 Å². The van der Waals surface area contributed by atoms with Crippen molar-refractivity contribution in [1.82, 2.24) is 5.01 Å². The Morgan fingerprint density at radius 1 is 1.32 bits per heavy atom. The number of hydrazone groups is 1. The Bertz CT molecular complexity index is 779. The Morgan fingerprint density at radius 3 is 2.32 bits per heavy atom. The molecule has 0 spiro atoms. The van der Waals surface area contributed by atoms with Gasteiger partial charge in [0, 0.05) is 17.7 Å². The molecule has 0 radical (unpaired) electrons. The second-order valence-corrected chi connectivity index (χ2v) is 4.22. The lowest BCUT2D eigenvalue weighted by atomic mass is 10.1. The van der Waals surface area contributed by atoms with Crippen LogP contribution in [0.5, 0.6) is 0 Å². The molecule has 1 aliphatic rings. The normalized spacial score (nSPS) is 13.1. The number of nitrogens with two attached hydrogens (primary N) is 1. The number of nitriles is 2. The smallest absolute Gasteiger partial charge is 0.269 e. The summed E-state index contributed by atoms with van der Waals surface area (Å²) in [4.78, 5) is 22.0. The molecule has 2 N–H and O–H groups in total. The predicted molar refractivity (Wildman–Crippen MR) is 74.3 cm³/mol. The average Bonchev–Trinajstić information content (AvgIpc) is 2.83. The standard InChI is InChI=1S/C13H8N6O3/c14-6-9(7-15)13(18-12(20)5-11(16)17-18)8-1-3-10(4-2-8)19(21)22/h1-4H,5H2,(H2,16,17). The maximum atomic E-state index is 11.9. The molecule has 9 nitrogen and oxygen atoms in total. The Hall–Kier alpha value is -3.72. The van der Waals surface area contributed by atoms with Gasteiger partial charge in [-0.15, -0.1) is 0 Å². The highest BCUT2D eigenvalue weighted by atomic mass is 16.6. The van der Waals surface area contributed by atoms with Gasteiger partial charge in [-0.05, 0) is 12.1 Å². The van der Waals surface area contributed by atoms with Crippen molar-refractivity contribution in [3.05, 3.63) is 45.5 Å². The third-order valence-electron chi connectivity index (χ3n) is 2.82. The lowest BCUT2D eigenvalue weighted by molar-refractivity contribution is -0.384. The number of carbonyl (C=O) groups excluding carboxylic acids is 1. The minimum Gasteiger partial charge on any atom is -0.385 e. The van der Waals surface area contributed by atoms with Crippen LogP contribution in [0.4, 0.5) is 5.69 Å². The van der Waals surface area contributed by atoms with Crippen LogP contribution >= 0.6 is 0 Å². The van der Waals surface area contributed by atoms with Gasteiger partial charge in [0.15, 0.2) is 5.57 Å². The van der Waals surface area contributed by atoms with E-state index >= 15 is 0 Å². The van der Waals surface area contributed by atoms with Crippen LogP contribution in [0.15, 0.2) is 34.9 Å². The summed E-state index contributed by atoms with van der Waals surface area (Å²) in [6.07, 6.45) is -0.124. The molecule has 1 aromatic carbocycles. The first kappa shape index (κ1) is 14.7. The number of nitro benzene ring substituents is 1. The molecule has 0 unspecified atom stereocenters. The summed E-state index contributed by atoms with van der Waals surface area (Å²) in [5, 5.41) is 33.5. The molecule has 1 aromatic rings. The number of hydrogen-bond donors (Lipinski definition) is 1. The van der Waals surface area contributed by atoms with Crippen LogP contribution in [0, 0.1) is 32.8 Å². The SMILES string of the molecule is N#CC(C#N)=C(c1ccc([N+](=O)[O-])cc1)N1N=C(N)CC1=O. The summed E-state index contributed by atoms with van der Waals surface area (Å²) >= 11 is 0. The zero-order valence-electron chi connectivity index (χ0n) is 11.1. The van der Waals surface area contributed by atoms with Crippen molar-refractivity contribution in [2.45, 2.75) is 6.42 Å². The first-order chi connectivity index (χ1) is 10.5. The van der Waals surface area contributed by atoms with Crippen molar-refractivity contribution < 1.29 is 9.72 Å². The molecule has 0 saturated carbocycles. The maximum absolute atomic E-state index is 11.9. The Kier molecular flexibility index (Phi) is 3.82. The van der Waals surface area contributed by atoms with Crippen LogP contribution in [-0.4, -0.2) is 21.7 Å². The zero-order valence-corrected chi connectivity index (χ0v) is 11.1. The third kappa shape index (κ3) is 2.59. The van der Waals surface area contributed by atoms with Crippen molar-refractivity contribution in [2.75, 3.05) is 0 Å². The molecule has 0 fully saturated rings. The minimum atomic E-state index is -0.584. The number of amides is 1. The highest BCUT2D eigenvalue weighted by Gasteiger charge is 2.29. The largest absolute Gasteiger partial charge is 0.385 e. The molecule has 0 saturated heterocycles. The molecule has 22 heavy (non-hydrogen) atoms. The average molecular weight is 296 g/mol. The maximum Gasteiger partial charge on any atom is 0.269 e. The first-order valence-electron chi connectivity index (χ1n) is 5.93. The van der Waals surface area contributed by atoms with Crippen LogP contribution < -0.4 is 5.73 Å². The number of amidine groups is 1. The fraction of sp³-hybridized carbons (Fsp3) is 0.0769.